The number of hydrogen-bond acceptors (Lipinski definition) is 1. The molecule has 0 aliphatic heterocycles. The summed E-state index contributed by atoms with van der Waals surface area (Å²) < 4.78 is 31.2. The van der Waals surface area contributed by atoms with Crippen LogP contribution in [0.2, 0.25) is 0 Å². The molecule has 0 N–H and O–H groups in total. The van der Waals surface area contributed by atoms with E-state index >= 15 is 0 Å². The van der Waals surface area contributed by atoms with E-state index < -0.39 is 11.6 Å². The Hall–Kier alpha value is -0.654. The zero-order valence-electron chi connectivity index (χ0n) is 9.50. The van der Waals surface area contributed by atoms with Gasteiger partial charge in [-0.2, -0.15) is 34.7 Å². The van der Waals surface area contributed by atoms with E-state index in [0.29, 0.717) is 0 Å². The van der Waals surface area contributed by atoms with Crippen molar-refractivity contribution < 1.29 is 30.5 Å². The number of benzene rings is 2. The first-order valence-electron chi connectivity index (χ1n) is 4.80. The van der Waals surface area contributed by atoms with Crippen LogP contribution < -0.4 is 21.7 Å². The number of ether oxygens (including phenoxy) is 1. The van der Waals surface area contributed by atoms with Crippen molar-refractivity contribution in [3.63, 3.8) is 0 Å². The van der Waals surface area contributed by atoms with Crippen molar-refractivity contribution in [3.8, 4) is 5.75 Å². The number of halogens is 3. The van der Waals surface area contributed by atoms with Crippen molar-refractivity contribution in [1.82, 2.24) is 0 Å². The summed E-state index contributed by atoms with van der Waals surface area (Å²) in [6, 6.07) is 14.0. The van der Waals surface area contributed by atoms with Gasteiger partial charge < -0.3 is 21.7 Å². The molecule has 90 valence electrons. The Morgan fingerprint density at radius 3 is 2.50 bits per heavy atom. The van der Waals surface area contributed by atoms with Crippen LogP contribution in [0.25, 0.3) is 0 Å². The minimum absolute atomic E-state index is 0. The molecule has 0 atom stereocenters. The first-order chi connectivity index (χ1) is 7.77. The van der Waals surface area contributed by atoms with Crippen molar-refractivity contribution >= 4 is 23.1 Å². The van der Waals surface area contributed by atoms with E-state index in [0.717, 1.165) is 11.6 Å². The van der Waals surface area contributed by atoms with Gasteiger partial charge in [-0.3, -0.25) is 0 Å². The van der Waals surface area contributed by atoms with E-state index in [9.17, 15) is 8.78 Å². The van der Waals surface area contributed by atoms with Crippen molar-refractivity contribution in [1.29, 1.82) is 0 Å². The number of rotatable bonds is 3. The molecule has 0 amide bonds. The van der Waals surface area contributed by atoms with Gasteiger partial charge in [-0.05, 0) is 12.1 Å². The van der Waals surface area contributed by atoms with E-state index in [4.69, 9.17) is 4.74 Å². The molecule has 0 spiro atoms. The summed E-state index contributed by atoms with van der Waals surface area (Å²) in [6.45, 7) is 0.168. The van der Waals surface area contributed by atoms with Gasteiger partial charge in [0.05, 0.1) is 6.61 Å². The van der Waals surface area contributed by atoms with Gasteiger partial charge in [-0.25, -0.2) is 4.39 Å². The fourth-order valence-electron chi connectivity index (χ4n) is 1.27. The van der Waals surface area contributed by atoms with Crippen LogP contribution in [0.3, 0.4) is 0 Å². The normalized spacial score (nSPS) is 9.00. The van der Waals surface area contributed by atoms with Crippen molar-refractivity contribution in [3.05, 3.63) is 65.7 Å². The Labute approximate surface area is 131 Å². The molecule has 2 rings (SSSR count). The third-order valence-electron chi connectivity index (χ3n) is 2.07. The van der Waals surface area contributed by atoms with Gasteiger partial charge in [0.2, 0.25) is 5.82 Å². The maximum atomic E-state index is 13.2. The first-order valence-corrected chi connectivity index (χ1v) is 4.80. The predicted molar refractivity (Wildman–Crippen MR) is 61.7 cm³/mol. The van der Waals surface area contributed by atoms with Crippen molar-refractivity contribution in [2.24, 2.45) is 0 Å². The second-order valence-corrected chi connectivity index (χ2v) is 3.23. The SMILES string of the molecule is Fc1cccc(OCc2[c-]cccc2)c1F.[Br-].[Mg+2]. The molecule has 0 aliphatic rings. The van der Waals surface area contributed by atoms with E-state index in [1.165, 1.54) is 12.1 Å². The summed E-state index contributed by atoms with van der Waals surface area (Å²) in [7, 11) is 0. The molecule has 0 saturated carbocycles. The van der Waals surface area contributed by atoms with Crippen molar-refractivity contribution in [2.75, 3.05) is 0 Å². The van der Waals surface area contributed by atoms with Crippen LogP contribution in [0.5, 0.6) is 5.75 Å². The summed E-state index contributed by atoms with van der Waals surface area (Å²) in [6.07, 6.45) is 0. The molecule has 2 aromatic carbocycles. The zero-order chi connectivity index (χ0) is 11.4. The van der Waals surface area contributed by atoms with Crippen LogP contribution in [0.15, 0.2) is 42.5 Å². The monoisotopic (exact) mass is 322 g/mol. The third kappa shape index (κ3) is 4.55. The van der Waals surface area contributed by atoms with Crippen LogP contribution in [-0.4, -0.2) is 23.1 Å². The first kappa shape index (κ1) is 17.3. The molecule has 2 aromatic rings. The van der Waals surface area contributed by atoms with E-state index in [2.05, 4.69) is 6.07 Å². The third-order valence-corrected chi connectivity index (χ3v) is 2.07. The van der Waals surface area contributed by atoms with Gasteiger partial charge in [0, 0.05) is 0 Å². The summed E-state index contributed by atoms with van der Waals surface area (Å²) >= 11 is 0. The van der Waals surface area contributed by atoms with Gasteiger partial charge in [-0.1, -0.05) is 6.07 Å². The van der Waals surface area contributed by atoms with Gasteiger partial charge in [-0.15, -0.1) is 5.56 Å². The molecule has 0 radical (unpaired) electrons. The van der Waals surface area contributed by atoms with Crippen molar-refractivity contribution in [2.45, 2.75) is 6.61 Å². The summed E-state index contributed by atoms with van der Waals surface area (Å²) in [5.74, 6) is -1.95. The van der Waals surface area contributed by atoms with Crippen LogP contribution in [0.4, 0.5) is 8.78 Å². The largest absolute Gasteiger partial charge is 2.00 e. The van der Waals surface area contributed by atoms with Gasteiger partial charge >= 0.3 is 23.1 Å². The predicted octanol–water partition coefficient (Wildman–Crippen LogP) is -0.0328. The van der Waals surface area contributed by atoms with E-state index in [1.54, 1.807) is 12.1 Å². The van der Waals surface area contributed by atoms with Crippen LogP contribution in [0.1, 0.15) is 5.56 Å². The molecule has 0 fully saturated rings. The average Bonchev–Trinajstić information content (AvgIpc) is 2.32. The fraction of sp³-hybridized carbons (Fsp3) is 0.0769. The number of hydrogen-bond donors (Lipinski definition) is 0. The molecular weight excluding hydrogens is 314 g/mol. The maximum absolute atomic E-state index is 13.2. The van der Waals surface area contributed by atoms with Crippen LogP contribution in [-0.2, 0) is 6.61 Å². The summed E-state index contributed by atoms with van der Waals surface area (Å²) in [4.78, 5) is 0. The van der Waals surface area contributed by atoms with Crippen LogP contribution in [0, 0.1) is 17.7 Å². The Bertz CT molecular complexity index is 480. The molecule has 0 unspecified atom stereocenters. The molecule has 18 heavy (non-hydrogen) atoms. The Kier molecular flexibility index (Phi) is 8.14. The average molecular weight is 323 g/mol. The van der Waals surface area contributed by atoms with Gasteiger partial charge in [0.1, 0.15) is 0 Å². The quantitative estimate of drug-likeness (QED) is 0.569. The zero-order valence-corrected chi connectivity index (χ0v) is 12.5. The minimum atomic E-state index is -0.960. The Morgan fingerprint density at radius 2 is 1.83 bits per heavy atom. The summed E-state index contributed by atoms with van der Waals surface area (Å²) in [5, 5.41) is 0. The van der Waals surface area contributed by atoms with E-state index in [1.807, 2.05) is 12.1 Å². The molecule has 1 nitrogen and oxygen atoms in total. The standard InChI is InChI=1S/C13H9F2O.BrH.Mg/c14-11-7-4-8-12(13(11)15)16-9-10-5-2-1-3-6-10;;/h1-5,7-8H,9H2;1H;/q-1;;+2/p-1. The second kappa shape index (κ2) is 8.45. The minimum Gasteiger partial charge on any atom is -1.00 e. The molecule has 0 saturated heterocycles. The topological polar surface area (TPSA) is 9.23 Å². The molecule has 0 heterocycles. The van der Waals surface area contributed by atoms with Crippen LogP contribution >= 0.6 is 0 Å². The molecule has 5 heteroatoms. The summed E-state index contributed by atoms with van der Waals surface area (Å²) in [5.41, 5.74) is 0.783. The molecular formula is C13H9BrF2MgO. The smallest absolute Gasteiger partial charge is 1.00 e. The fourth-order valence-corrected chi connectivity index (χ4v) is 1.27. The second-order valence-electron chi connectivity index (χ2n) is 3.23. The van der Waals surface area contributed by atoms with E-state index in [-0.39, 0.29) is 52.4 Å². The molecule has 0 aliphatic carbocycles. The Morgan fingerprint density at radius 1 is 1.06 bits per heavy atom. The molecule has 0 bridgehead atoms. The van der Waals surface area contributed by atoms with Gasteiger partial charge in [0.25, 0.3) is 0 Å². The Balaban J connectivity index is 0.00000144. The van der Waals surface area contributed by atoms with Gasteiger partial charge in [0.15, 0.2) is 11.6 Å². The molecule has 0 aromatic heterocycles. The maximum Gasteiger partial charge on any atom is 2.00 e.